The quantitative estimate of drug-likeness (QED) is 0.295. The summed E-state index contributed by atoms with van der Waals surface area (Å²) in [6.07, 6.45) is 17.9. The standard InChI is InChI=1S/C22H37NO/c1-20(24)14-12-10-8-6-4-2-3-5-7-9-11-13-15-21-16-18-22(23)19-17-21/h16-19H,2-15,23H2,1H3. The summed E-state index contributed by atoms with van der Waals surface area (Å²) in [6, 6.07) is 8.29. The number of benzene rings is 1. The predicted octanol–water partition coefficient (Wildman–Crippen LogP) is 6.47. The Kier molecular flexibility index (Phi) is 12.2. The Bertz CT molecular complexity index is 424. The van der Waals surface area contributed by atoms with Crippen molar-refractivity contribution in [1.82, 2.24) is 0 Å². The average Bonchev–Trinajstić information content (AvgIpc) is 2.56. The highest BCUT2D eigenvalue weighted by Crippen LogP contribution is 2.14. The number of rotatable bonds is 15. The molecule has 1 rings (SSSR count). The maximum Gasteiger partial charge on any atom is 0.129 e. The van der Waals surface area contributed by atoms with Gasteiger partial charge in [-0.3, -0.25) is 0 Å². The molecule has 0 saturated heterocycles. The fourth-order valence-corrected chi connectivity index (χ4v) is 3.16. The summed E-state index contributed by atoms with van der Waals surface area (Å²) >= 11 is 0. The summed E-state index contributed by atoms with van der Waals surface area (Å²) in [7, 11) is 0. The molecule has 2 N–H and O–H groups in total. The molecule has 1 aromatic rings. The van der Waals surface area contributed by atoms with Crippen molar-refractivity contribution in [1.29, 1.82) is 0 Å². The van der Waals surface area contributed by atoms with Crippen molar-refractivity contribution in [3.63, 3.8) is 0 Å². The highest BCUT2D eigenvalue weighted by atomic mass is 16.1. The van der Waals surface area contributed by atoms with Crippen molar-refractivity contribution in [2.75, 3.05) is 5.73 Å². The van der Waals surface area contributed by atoms with Gasteiger partial charge in [-0.2, -0.15) is 0 Å². The summed E-state index contributed by atoms with van der Waals surface area (Å²) in [6.45, 7) is 1.69. The molecule has 0 aliphatic carbocycles. The molecule has 0 aromatic heterocycles. The van der Waals surface area contributed by atoms with Gasteiger partial charge in [0.2, 0.25) is 0 Å². The maximum absolute atomic E-state index is 10.8. The minimum Gasteiger partial charge on any atom is -0.399 e. The maximum atomic E-state index is 10.8. The van der Waals surface area contributed by atoms with Crippen LogP contribution >= 0.6 is 0 Å². The van der Waals surface area contributed by atoms with Crippen LogP contribution in [0.3, 0.4) is 0 Å². The first kappa shape index (κ1) is 20.7. The first-order chi connectivity index (χ1) is 11.7. The topological polar surface area (TPSA) is 43.1 Å². The predicted molar refractivity (Wildman–Crippen MR) is 105 cm³/mol. The van der Waals surface area contributed by atoms with Crippen molar-refractivity contribution in [3.8, 4) is 0 Å². The van der Waals surface area contributed by atoms with Crippen molar-refractivity contribution in [2.24, 2.45) is 0 Å². The molecule has 0 amide bonds. The normalized spacial score (nSPS) is 10.9. The third-order valence-corrected chi connectivity index (χ3v) is 4.72. The summed E-state index contributed by atoms with van der Waals surface area (Å²) in [5.41, 5.74) is 7.97. The van der Waals surface area contributed by atoms with Gasteiger partial charge in [-0.15, -0.1) is 0 Å². The lowest BCUT2D eigenvalue weighted by atomic mass is 10.0. The lowest BCUT2D eigenvalue weighted by Gasteiger charge is -2.04. The van der Waals surface area contributed by atoms with Crippen molar-refractivity contribution >= 4 is 11.5 Å². The van der Waals surface area contributed by atoms with Crippen LogP contribution in [0, 0.1) is 0 Å². The van der Waals surface area contributed by atoms with Crippen LogP contribution in [0.5, 0.6) is 0 Å². The monoisotopic (exact) mass is 331 g/mol. The van der Waals surface area contributed by atoms with E-state index in [0.717, 1.165) is 18.5 Å². The Morgan fingerprint density at radius 2 is 1.12 bits per heavy atom. The average molecular weight is 332 g/mol. The second-order valence-corrected chi connectivity index (χ2v) is 7.19. The van der Waals surface area contributed by atoms with E-state index in [1.165, 1.54) is 82.6 Å². The van der Waals surface area contributed by atoms with Gasteiger partial charge in [0.1, 0.15) is 5.78 Å². The van der Waals surface area contributed by atoms with Gasteiger partial charge in [0, 0.05) is 12.1 Å². The van der Waals surface area contributed by atoms with Crippen molar-refractivity contribution < 1.29 is 4.79 Å². The minimum atomic E-state index is 0.337. The van der Waals surface area contributed by atoms with E-state index in [9.17, 15) is 4.79 Å². The molecule has 0 radical (unpaired) electrons. The minimum absolute atomic E-state index is 0.337. The fraction of sp³-hybridized carbons (Fsp3) is 0.682. The molecule has 0 unspecified atom stereocenters. The fourth-order valence-electron chi connectivity index (χ4n) is 3.16. The Morgan fingerprint density at radius 3 is 1.58 bits per heavy atom. The van der Waals surface area contributed by atoms with Crippen LogP contribution < -0.4 is 5.73 Å². The second kappa shape index (κ2) is 14.1. The number of carbonyl (C=O) groups is 1. The lowest BCUT2D eigenvalue weighted by Crippen LogP contribution is -1.89. The van der Waals surface area contributed by atoms with Gasteiger partial charge in [-0.25, -0.2) is 0 Å². The number of aryl methyl sites for hydroxylation is 1. The molecule has 24 heavy (non-hydrogen) atoms. The molecule has 0 aliphatic rings. The van der Waals surface area contributed by atoms with Crippen LogP contribution in [-0.2, 0) is 11.2 Å². The zero-order valence-corrected chi connectivity index (χ0v) is 15.7. The zero-order valence-electron chi connectivity index (χ0n) is 15.7. The van der Waals surface area contributed by atoms with Crippen LogP contribution in [0.15, 0.2) is 24.3 Å². The number of hydrogen-bond acceptors (Lipinski definition) is 2. The van der Waals surface area contributed by atoms with E-state index in [4.69, 9.17) is 5.73 Å². The molecule has 0 saturated carbocycles. The van der Waals surface area contributed by atoms with E-state index in [2.05, 4.69) is 12.1 Å². The van der Waals surface area contributed by atoms with Crippen molar-refractivity contribution in [3.05, 3.63) is 29.8 Å². The van der Waals surface area contributed by atoms with Crippen LogP contribution in [-0.4, -0.2) is 5.78 Å². The molecule has 0 atom stereocenters. The van der Waals surface area contributed by atoms with Gasteiger partial charge in [-0.05, 0) is 43.9 Å². The smallest absolute Gasteiger partial charge is 0.129 e. The molecule has 0 heterocycles. The molecule has 0 bridgehead atoms. The summed E-state index contributed by atoms with van der Waals surface area (Å²) < 4.78 is 0. The number of carbonyl (C=O) groups excluding carboxylic acids is 1. The van der Waals surface area contributed by atoms with E-state index in [1.807, 2.05) is 12.1 Å². The highest BCUT2D eigenvalue weighted by molar-refractivity contribution is 5.75. The molecular weight excluding hydrogens is 294 g/mol. The number of ketones is 1. The Labute approximate surface area is 149 Å². The Morgan fingerprint density at radius 1 is 0.708 bits per heavy atom. The molecular formula is C22H37NO. The third kappa shape index (κ3) is 12.2. The third-order valence-electron chi connectivity index (χ3n) is 4.72. The highest BCUT2D eigenvalue weighted by Gasteiger charge is 1.96. The Hall–Kier alpha value is -1.31. The van der Waals surface area contributed by atoms with Gasteiger partial charge < -0.3 is 10.5 Å². The number of Topliss-reactive ketones (excluding diaryl/α,β-unsaturated/α-hetero) is 1. The van der Waals surface area contributed by atoms with E-state index >= 15 is 0 Å². The molecule has 2 heteroatoms. The summed E-state index contributed by atoms with van der Waals surface area (Å²) in [5, 5.41) is 0. The molecule has 2 nitrogen and oxygen atoms in total. The van der Waals surface area contributed by atoms with Gasteiger partial charge in [0.15, 0.2) is 0 Å². The SMILES string of the molecule is CC(=O)CCCCCCCCCCCCCCc1ccc(N)cc1. The largest absolute Gasteiger partial charge is 0.399 e. The van der Waals surface area contributed by atoms with Crippen molar-refractivity contribution in [2.45, 2.75) is 96.8 Å². The van der Waals surface area contributed by atoms with E-state index in [1.54, 1.807) is 6.92 Å². The van der Waals surface area contributed by atoms with Gasteiger partial charge in [0.05, 0.1) is 0 Å². The van der Waals surface area contributed by atoms with Crippen LogP contribution in [0.25, 0.3) is 0 Å². The lowest BCUT2D eigenvalue weighted by molar-refractivity contribution is -0.117. The molecule has 136 valence electrons. The van der Waals surface area contributed by atoms with E-state index < -0.39 is 0 Å². The van der Waals surface area contributed by atoms with Crippen LogP contribution in [0.4, 0.5) is 5.69 Å². The number of unbranched alkanes of at least 4 members (excludes halogenated alkanes) is 11. The first-order valence-corrected chi connectivity index (χ1v) is 10.0. The Balaban J connectivity index is 1.77. The van der Waals surface area contributed by atoms with Crippen LogP contribution in [0.2, 0.25) is 0 Å². The van der Waals surface area contributed by atoms with E-state index in [0.29, 0.717) is 5.78 Å². The van der Waals surface area contributed by atoms with Gasteiger partial charge >= 0.3 is 0 Å². The zero-order chi connectivity index (χ0) is 17.5. The van der Waals surface area contributed by atoms with E-state index in [-0.39, 0.29) is 0 Å². The van der Waals surface area contributed by atoms with Gasteiger partial charge in [-0.1, -0.05) is 76.3 Å². The number of anilines is 1. The first-order valence-electron chi connectivity index (χ1n) is 10.0. The number of nitrogen functional groups attached to an aromatic ring is 1. The molecule has 1 aromatic carbocycles. The summed E-state index contributed by atoms with van der Waals surface area (Å²) in [5.74, 6) is 0.337. The number of hydrogen-bond donors (Lipinski definition) is 1. The molecule has 0 fully saturated rings. The number of nitrogens with two attached hydrogens (primary N) is 1. The summed E-state index contributed by atoms with van der Waals surface area (Å²) in [4.78, 5) is 10.8. The van der Waals surface area contributed by atoms with Gasteiger partial charge in [0.25, 0.3) is 0 Å². The molecule has 0 spiro atoms. The second-order valence-electron chi connectivity index (χ2n) is 7.19. The molecule has 0 aliphatic heterocycles. The van der Waals surface area contributed by atoms with Crippen LogP contribution in [0.1, 0.15) is 96.0 Å².